The highest BCUT2D eigenvalue weighted by atomic mass is 32.2. The minimum absolute atomic E-state index is 0.178. The second kappa shape index (κ2) is 10.5. The molecule has 1 aliphatic heterocycles. The van der Waals surface area contributed by atoms with E-state index in [0.29, 0.717) is 28.7 Å². The van der Waals surface area contributed by atoms with E-state index in [1.165, 1.54) is 17.0 Å². The number of rotatable bonds is 8. The van der Waals surface area contributed by atoms with Gasteiger partial charge in [0.2, 0.25) is 0 Å². The first-order valence-corrected chi connectivity index (χ1v) is 11.5. The van der Waals surface area contributed by atoms with Crippen molar-refractivity contribution in [2.45, 2.75) is 11.8 Å². The summed E-state index contributed by atoms with van der Waals surface area (Å²) < 4.78 is 31.8. The van der Waals surface area contributed by atoms with Gasteiger partial charge in [0.15, 0.2) is 0 Å². The lowest BCUT2D eigenvalue weighted by Gasteiger charge is -2.33. The lowest BCUT2D eigenvalue weighted by atomic mass is 10.1. The maximum atomic E-state index is 12.3. The van der Waals surface area contributed by atoms with Gasteiger partial charge in [0.25, 0.3) is 11.8 Å². The summed E-state index contributed by atoms with van der Waals surface area (Å²) >= 11 is 0. The molecule has 0 aliphatic carbocycles. The quantitative estimate of drug-likeness (QED) is 0.263. The number of quaternary nitrogens is 1. The Labute approximate surface area is 189 Å². The minimum atomic E-state index is -4.27. The van der Waals surface area contributed by atoms with E-state index in [1.54, 1.807) is 36.4 Å². The van der Waals surface area contributed by atoms with Crippen LogP contribution in [0.4, 0.5) is 0 Å². The van der Waals surface area contributed by atoms with E-state index in [9.17, 15) is 22.6 Å². The predicted octanol–water partition coefficient (Wildman–Crippen LogP) is 3.00. The molecule has 0 saturated carbocycles. The van der Waals surface area contributed by atoms with E-state index in [1.807, 2.05) is 19.1 Å². The Bertz CT molecular complexity index is 1060. The van der Waals surface area contributed by atoms with Crippen molar-refractivity contribution in [1.29, 1.82) is 0 Å². The van der Waals surface area contributed by atoms with Crippen LogP contribution in [0.25, 0.3) is 0 Å². The molecule has 0 aromatic heterocycles. The van der Waals surface area contributed by atoms with Crippen LogP contribution in [-0.2, 0) is 10.1 Å². The second-order valence-corrected chi connectivity index (χ2v) is 9.24. The molecule has 0 N–H and O–H groups in total. The first-order valence-electron chi connectivity index (χ1n) is 10.1. The average Bonchev–Trinajstić information content (AvgIpc) is 2.97. The fourth-order valence-electron chi connectivity index (χ4n) is 3.37. The summed E-state index contributed by atoms with van der Waals surface area (Å²) in [5, 5.41) is 0. The van der Waals surface area contributed by atoms with Crippen LogP contribution >= 0.6 is 0 Å². The number of carbonyl (C=O) groups excluding carboxylic acids is 2. The van der Waals surface area contributed by atoms with Crippen LogP contribution in [0.15, 0.2) is 78.7 Å². The number of hydrogen-bond donors (Lipinski definition) is 0. The number of fused-ring (bicyclic) bond motifs is 1. The van der Waals surface area contributed by atoms with Crippen molar-refractivity contribution in [3.05, 3.63) is 90.5 Å². The highest BCUT2D eigenvalue weighted by Crippen LogP contribution is 2.22. The standard InChI is InChI=1S/C17H21N2O2.C7H8O3S/c1-4-11-19(3,12-5-2)13-10-18-16(20)14-8-6-7-9-15(14)17(18)21;1-6-2-4-7(5-3-6)11(8,9)10/h4-9H,1-2,10-13H2,3H3;2-5H,1H3,(H,8,9,10)/q+1;/p-1. The van der Waals surface area contributed by atoms with Crippen molar-refractivity contribution >= 4 is 21.9 Å². The maximum Gasteiger partial charge on any atom is 0.261 e. The zero-order valence-corrected chi connectivity index (χ0v) is 19.2. The van der Waals surface area contributed by atoms with Crippen LogP contribution in [-0.4, -0.2) is 67.4 Å². The van der Waals surface area contributed by atoms with Crippen LogP contribution in [0.3, 0.4) is 0 Å². The topological polar surface area (TPSA) is 94.6 Å². The predicted molar refractivity (Wildman–Crippen MR) is 122 cm³/mol. The lowest BCUT2D eigenvalue weighted by molar-refractivity contribution is -0.897. The number of carbonyl (C=O) groups is 2. The van der Waals surface area contributed by atoms with Gasteiger partial charge in [-0.1, -0.05) is 43.0 Å². The number of likely N-dealkylation sites (N-methyl/N-ethyl adjacent to an activating group) is 1. The minimum Gasteiger partial charge on any atom is -0.744 e. The molecule has 3 rings (SSSR count). The van der Waals surface area contributed by atoms with E-state index in [4.69, 9.17) is 0 Å². The Morgan fingerprint density at radius 2 is 1.41 bits per heavy atom. The summed E-state index contributed by atoms with van der Waals surface area (Å²) in [6.07, 6.45) is 3.71. The van der Waals surface area contributed by atoms with Crippen LogP contribution in [0.2, 0.25) is 0 Å². The third-order valence-corrected chi connectivity index (χ3v) is 6.04. The van der Waals surface area contributed by atoms with Crippen molar-refractivity contribution in [2.75, 3.05) is 33.2 Å². The smallest absolute Gasteiger partial charge is 0.261 e. The fourth-order valence-corrected chi connectivity index (χ4v) is 3.84. The zero-order valence-electron chi connectivity index (χ0n) is 18.4. The molecular formula is C24H28N2O5S. The molecule has 2 aromatic carbocycles. The summed E-state index contributed by atoms with van der Waals surface area (Å²) in [6.45, 7) is 12.0. The van der Waals surface area contributed by atoms with Crippen LogP contribution in [0.1, 0.15) is 26.3 Å². The van der Waals surface area contributed by atoms with Crippen LogP contribution in [0, 0.1) is 6.92 Å². The molecule has 2 aromatic rings. The van der Waals surface area contributed by atoms with Gasteiger partial charge in [0, 0.05) is 0 Å². The lowest BCUT2D eigenvalue weighted by Crippen LogP contribution is -2.49. The van der Waals surface area contributed by atoms with Gasteiger partial charge in [-0.2, -0.15) is 0 Å². The van der Waals surface area contributed by atoms with Crippen molar-refractivity contribution in [1.82, 2.24) is 4.90 Å². The van der Waals surface area contributed by atoms with Gasteiger partial charge < -0.3 is 9.04 Å². The van der Waals surface area contributed by atoms with E-state index in [2.05, 4.69) is 20.2 Å². The van der Waals surface area contributed by atoms with Gasteiger partial charge in [-0.3, -0.25) is 14.5 Å². The largest absolute Gasteiger partial charge is 0.744 e. The van der Waals surface area contributed by atoms with E-state index in [0.717, 1.165) is 18.7 Å². The summed E-state index contributed by atoms with van der Waals surface area (Å²) in [5.74, 6) is -0.390. The third kappa shape index (κ3) is 6.23. The number of amides is 2. The van der Waals surface area contributed by atoms with E-state index >= 15 is 0 Å². The van der Waals surface area contributed by atoms with Gasteiger partial charge in [0.05, 0.1) is 49.2 Å². The Morgan fingerprint density at radius 3 is 1.81 bits per heavy atom. The Hall–Kier alpha value is -3.07. The highest BCUT2D eigenvalue weighted by Gasteiger charge is 2.36. The molecule has 0 unspecified atom stereocenters. The molecule has 0 fully saturated rings. The number of benzene rings is 2. The number of imide groups is 1. The van der Waals surface area contributed by atoms with Crippen molar-refractivity contribution in [3.63, 3.8) is 0 Å². The third-order valence-electron chi connectivity index (χ3n) is 5.19. The maximum absolute atomic E-state index is 12.3. The molecule has 32 heavy (non-hydrogen) atoms. The van der Waals surface area contributed by atoms with Crippen LogP contribution in [0.5, 0.6) is 0 Å². The Balaban J connectivity index is 0.000000278. The second-order valence-electron chi connectivity index (χ2n) is 7.86. The van der Waals surface area contributed by atoms with Crippen LogP contribution < -0.4 is 0 Å². The van der Waals surface area contributed by atoms with Gasteiger partial charge in [-0.05, 0) is 43.3 Å². The summed E-state index contributed by atoms with van der Waals surface area (Å²) in [7, 11) is -2.20. The molecule has 170 valence electrons. The molecule has 0 radical (unpaired) electrons. The molecule has 7 nitrogen and oxygen atoms in total. The summed E-state index contributed by atoms with van der Waals surface area (Å²) in [6, 6.07) is 12.8. The summed E-state index contributed by atoms with van der Waals surface area (Å²) in [5.41, 5.74) is 1.94. The SMILES string of the molecule is C=CC[N+](C)(CC=C)CCN1C(=O)c2ccccc2C1=O.Cc1ccc(S(=O)(=O)[O-])cc1. The highest BCUT2D eigenvalue weighted by molar-refractivity contribution is 7.85. The molecule has 1 heterocycles. The van der Waals surface area contributed by atoms with E-state index in [-0.39, 0.29) is 16.7 Å². The van der Waals surface area contributed by atoms with Gasteiger partial charge in [-0.25, -0.2) is 8.42 Å². The first-order chi connectivity index (χ1) is 15.0. The summed E-state index contributed by atoms with van der Waals surface area (Å²) in [4.78, 5) is 25.8. The monoisotopic (exact) mass is 456 g/mol. The molecule has 2 amide bonds. The molecule has 0 atom stereocenters. The first kappa shape index (κ1) is 25.2. The van der Waals surface area contributed by atoms with E-state index < -0.39 is 10.1 Å². The Morgan fingerprint density at radius 1 is 0.938 bits per heavy atom. The molecule has 8 heteroatoms. The van der Waals surface area contributed by atoms with Crippen molar-refractivity contribution in [3.8, 4) is 0 Å². The number of aryl methyl sites for hydroxylation is 1. The van der Waals surface area contributed by atoms with Gasteiger partial charge in [-0.15, -0.1) is 0 Å². The number of hydrogen-bond acceptors (Lipinski definition) is 5. The normalized spacial score (nSPS) is 13.3. The van der Waals surface area contributed by atoms with Crippen molar-refractivity contribution < 1.29 is 27.0 Å². The molecular weight excluding hydrogens is 428 g/mol. The Kier molecular flexibility index (Phi) is 8.26. The molecule has 0 spiro atoms. The molecule has 0 saturated heterocycles. The number of nitrogens with zero attached hydrogens (tertiary/aromatic N) is 2. The molecule has 1 aliphatic rings. The average molecular weight is 457 g/mol. The van der Waals surface area contributed by atoms with Crippen molar-refractivity contribution in [2.24, 2.45) is 0 Å². The molecule has 0 bridgehead atoms. The fraction of sp³-hybridized carbons (Fsp3) is 0.250. The zero-order chi connectivity index (χ0) is 23.9. The van der Waals surface area contributed by atoms with Gasteiger partial charge in [0.1, 0.15) is 10.1 Å². The van der Waals surface area contributed by atoms with Gasteiger partial charge >= 0.3 is 0 Å².